The van der Waals surface area contributed by atoms with Crippen LogP contribution in [0.25, 0.3) is 22.2 Å². The molecule has 0 bridgehead atoms. The molecule has 0 saturated heterocycles. The number of aromatic nitrogens is 1. The molecule has 0 aliphatic carbocycles. The first-order valence-corrected chi connectivity index (χ1v) is 10.7. The lowest BCUT2D eigenvalue weighted by Crippen LogP contribution is -2.13. The Kier molecular flexibility index (Phi) is 6.94. The number of halogens is 1. The van der Waals surface area contributed by atoms with Gasteiger partial charge < -0.3 is 19.5 Å². The number of carbonyl (C=O) groups is 2. The van der Waals surface area contributed by atoms with Crippen molar-refractivity contribution in [2.24, 2.45) is 0 Å². The second-order valence-corrected chi connectivity index (χ2v) is 7.73. The van der Waals surface area contributed by atoms with Gasteiger partial charge in [-0.1, -0.05) is 17.7 Å². The van der Waals surface area contributed by atoms with E-state index in [4.69, 9.17) is 30.8 Å². The van der Waals surface area contributed by atoms with Gasteiger partial charge in [0, 0.05) is 33.3 Å². The van der Waals surface area contributed by atoms with Crippen molar-refractivity contribution in [1.29, 1.82) is 0 Å². The lowest BCUT2D eigenvalue weighted by Gasteiger charge is -2.13. The maximum Gasteiger partial charge on any atom is 0.343 e. The van der Waals surface area contributed by atoms with Gasteiger partial charge >= 0.3 is 5.97 Å². The maximum absolute atomic E-state index is 12.6. The van der Waals surface area contributed by atoms with Gasteiger partial charge in [0.25, 0.3) is 5.91 Å². The topological polar surface area (TPSA) is 86.8 Å². The number of fused-ring (bicyclic) bond motifs is 1. The largest absolute Gasteiger partial charge is 0.497 e. The van der Waals surface area contributed by atoms with Crippen molar-refractivity contribution in [1.82, 2.24) is 4.98 Å². The molecule has 172 valence electrons. The second-order valence-electron chi connectivity index (χ2n) is 7.30. The van der Waals surface area contributed by atoms with Crippen LogP contribution in [-0.2, 0) is 9.53 Å². The Balaban J connectivity index is 1.71. The lowest BCUT2D eigenvalue weighted by atomic mass is 10.1. The van der Waals surface area contributed by atoms with Crippen LogP contribution in [0.15, 0.2) is 72.8 Å². The third-order valence-corrected chi connectivity index (χ3v) is 5.31. The number of benzene rings is 3. The molecule has 1 N–H and O–H groups in total. The van der Waals surface area contributed by atoms with E-state index in [9.17, 15) is 9.59 Å². The van der Waals surface area contributed by atoms with Gasteiger partial charge in [-0.3, -0.25) is 4.79 Å². The number of amides is 1. The van der Waals surface area contributed by atoms with Crippen LogP contribution in [0.3, 0.4) is 0 Å². The second kappa shape index (κ2) is 10.2. The van der Waals surface area contributed by atoms with Crippen molar-refractivity contribution < 1.29 is 23.8 Å². The molecule has 4 rings (SSSR count). The van der Waals surface area contributed by atoms with E-state index < -0.39 is 5.97 Å². The highest BCUT2D eigenvalue weighted by Gasteiger charge is 2.13. The van der Waals surface area contributed by atoms with E-state index in [0.717, 1.165) is 11.3 Å². The van der Waals surface area contributed by atoms with Crippen molar-refractivity contribution >= 4 is 40.1 Å². The standard InChI is InChI=1S/C26H21ClN2O5/c1-32-20-9-6-16(7-10-20)23-14-24(34-15-25(30)33-2)21-13-19(8-11-22(21)29-23)28-26(31)17-4-3-5-18(27)12-17/h3-14H,15H2,1-2H3,(H,28,31). The summed E-state index contributed by atoms with van der Waals surface area (Å²) in [6.45, 7) is -0.267. The van der Waals surface area contributed by atoms with Crippen LogP contribution in [0.4, 0.5) is 5.69 Å². The lowest BCUT2D eigenvalue weighted by molar-refractivity contribution is -0.142. The highest BCUT2D eigenvalue weighted by Crippen LogP contribution is 2.33. The Morgan fingerprint density at radius 2 is 1.76 bits per heavy atom. The summed E-state index contributed by atoms with van der Waals surface area (Å²) in [5, 5.41) is 3.96. The fourth-order valence-corrected chi connectivity index (χ4v) is 3.52. The summed E-state index contributed by atoms with van der Waals surface area (Å²) in [6, 6.07) is 21.1. The Labute approximate surface area is 201 Å². The molecule has 0 aliphatic heterocycles. The summed E-state index contributed by atoms with van der Waals surface area (Å²) < 4.78 is 15.7. The summed E-state index contributed by atoms with van der Waals surface area (Å²) in [5.74, 6) is 0.343. The van der Waals surface area contributed by atoms with E-state index in [1.54, 1.807) is 55.6 Å². The fourth-order valence-electron chi connectivity index (χ4n) is 3.33. The molecular formula is C26H21ClN2O5. The highest BCUT2D eigenvalue weighted by molar-refractivity contribution is 6.31. The van der Waals surface area contributed by atoms with Crippen LogP contribution >= 0.6 is 11.6 Å². The number of rotatable bonds is 7. The predicted molar refractivity (Wildman–Crippen MR) is 131 cm³/mol. The molecule has 7 nitrogen and oxygen atoms in total. The molecule has 0 saturated carbocycles. The Hall–Kier alpha value is -4.10. The first-order chi connectivity index (χ1) is 16.5. The molecule has 0 radical (unpaired) electrons. The summed E-state index contributed by atoms with van der Waals surface area (Å²) in [4.78, 5) is 29.1. The van der Waals surface area contributed by atoms with Crippen molar-refractivity contribution in [2.75, 3.05) is 26.1 Å². The fraction of sp³-hybridized carbons (Fsp3) is 0.115. The highest BCUT2D eigenvalue weighted by atomic mass is 35.5. The first kappa shape index (κ1) is 23.1. The van der Waals surface area contributed by atoms with Gasteiger partial charge in [-0.25, -0.2) is 9.78 Å². The number of hydrogen-bond donors (Lipinski definition) is 1. The molecule has 4 aromatic rings. The quantitative estimate of drug-likeness (QED) is 0.361. The number of nitrogens with one attached hydrogen (secondary N) is 1. The molecule has 8 heteroatoms. The third kappa shape index (κ3) is 5.27. The molecule has 0 fully saturated rings. The number of anilines is 1. The van der Waals surface area contributed by atoms with E-state index in [1.807, 2.05) is 24.3 Å². The van der Waals surface area contributed by atoms with Crippen molar-refractivity contribution in [3.63, 3.8) is 0 Å². The third-order valence-electron chi connectivity index (χ3n) is 5.07. The Morgan fingerprint density at radius 3 is 2.47 bits per heavy atom. The Morgan fingerprint density at radius 1 is 0.971 bits per heavy atom. The monoisotopic (exact) mass is 476 g/mol. The molecule has 1 heterocycles. The van der Waals surface area contributed by atoms with Crippen molar-refractivity contribution in [3.05, 3.63) is 83.4 Å². The van der Waals surface area contributed by atoms with Crippen LogP contribution in [0.1, 0.15) is 10.4 Å². The molecule has 3 aromatic carbocycles. The maximum atomic E-state index is 12.6. The van der Waals surface area contributed by atoms with Gasteiger partial charge in [-0.15, -0.1) is 0 Å². The minimum absolute atomic E-state index is 0.267. The van der Waals surface area contributed by atoms with Crippen LogP contribution in [-0.4, -0.2) is 37.7 Å². The minimum Gasteiger partial charge on any atom is -0.497 e. The molecule has 1 amide bonds. The van der Waals surface area contributed by atoms with Gasteiger partial charge in [0.05, 0.1) is 25.4 Å². The Bertz CT molecular complexity index is 1360. The smallest absolute Gasteiger partial charge is 0.343 e. The molecule has 0 aliphatic rings. The number of carbonyl (C=O) groups excluding carboxylic acids is 2. The molecular weight excluding hydrogens is 456 g/mol. The summed E-state index contributed by atoms with van der Waals surface area (Å²) in [6.07, 6.45) is 0. The molecule has 0 atom stereocenters. The van der Waals surface area contributed by atoms with Crippen LogP contribution in [0.5, 0.6) is 11.5 Å². The number of ether oxygens (including phenoxy) is 3. The number of hydrogen-bond acceptors (Lipinski definition) is 6. The SMILES string of the molecule is COC(=O)COc1cc(-c2ccc(OC)cc2)nc2ccc(NC(=O)c3cccc(Cl)c3)cc12. The van der Waals surface area contributed by atoms with E-state index in [2.05, 4.69) is 5.32 Å². The van der Waals surface area contributed by atoms with Gasteiger partial charge in [-0.2, -0.15) is 0 Å². The zero-order valence-corrected chi connectivity index (χ0v) is 19.3. The van der Waals surface area contributed by atoms with E-state index >= 15 is 0 Å². The van der Waals surface area contributed by atoms with Gasteiger partial charge in [0.1, 0.15) is 11.5 Å². The average Bonchev–Trinajstić information content (AvgIpc) is 2.87. The number of nitrogens with zero attached hydrogens (tertiary/aromatic N) is 1. The zero-order valence-electron chi connectivity index (χ0n) is 18.5. The molecule has 34 heavy (non-hydrogen) atoms. The van der Waals surface area contributed by atoms with Gasteiger partial charge in [-0.05, 0) is 60.7 Å². The van der Waals surface area contributed by atoms with Crippen molar-refractivity contribution in [3.8, 4) is 22.8 Å². The number of methoxy groups -OCH3 is 2. The molecule has 0 unspecified atom stereocenters. The summed E-state index contributed by atoms with van der Waals surface area (Å²) in [5.41, 5.74) is 3.12. The average molecular weight is 477 g/mol. The number of esters is 1. The van der Waals surface area contributed by atoms with Crippen LogP contribution < -0.4 is 14.8 Å². The van der Waals surface area contributed by atoms with E-state index in [0.29, 0.717) is 38.6 Å². The summed E-state index contributed by atoms with van der Waals surface area (Å²) in [7, 11) is 2.90. The van der Waals surface area contributed by atoms with E-state index in [-0.39, 0.29) is 12.5 Å². The predicted octanol–water partition coefficient (Wildman–Crippen LogP) is 5.37. The zero-order chi connectivity index (χ0) is 24.1. The molecule has 1 aromatic heterocycles. The first-order valence-electron chi connectivity index (χ1n) is 10.3. The van der Waals surface area contributed by atoms with E-state index in [1.165, 1.54) is 7.11 Å². The molecule has 0 spiro atoms. The van der Waals surface area contributed by atoms with Crippen molar-refractivity contribution in [2.45, 2.75) is 0 Å². The van der Waals surface area contributed by atoms with Crippen LogP contribution in [0.2, 0.25) is 5.02 Å². The number of pyridine rings is 1. The van der Waals surface area contributed by atoms with Crippen LogP contribution in [0, 0.1) is 0 Å². The summed E-state index contributed by atoms with van der Waals surface area (Å²) >= 11 is 6.00. The van der Waals surface area contributed by atoms with Gasteiger partial charge in [0.2, 0.25) is 0 Å². The van der Waals surface area contributed by atoms with Gasteiger partial charge in [0.15, 0.2) is 6.61 Å². The minimum atomic E-state index is -0.513. The normalized spacial score (nSPS) is 10.6.